The van der Waals surface area contributed by atoms with Crippen molar-refractivity contribution in [1.29, 1.82) is 0 Å². The molecule has 1 aromatic carbocycles. The topological polar surface area (TPSA) is 55.5 Å². The van der Waals surface area contributed by atoms with Crippen LogP contribution in [0.3, 0.4) is 0 Å². The van der Waals surface area contributed by atoms with Crippen LogP contribution in [0.2, 0.25) is 0 Å². The number of benzene rings is 1. The van der Waals surface area contributed by atoms with Gasteiger partial charge in [0.2, 0.25) is 5.91 Å². The van der Waals surface area contributed by atoms with Gasteiger partial charge in [0.05, 0.1) is 11.4 Å². The Morgan fingerprint density at radius 2 is 2.12 bits per heavy atom. The number of hydrogen-bond donors (Lipinski definition) is 1. The lowest BCUT2D eigenvalue weighted by Crippen LogP contribution is -2.24. The first kappa shape index (κ1) is 11.1. The molecule has 84 valence electrons. The van der Waals surface area contributed by atoms with E-state index in [0.717, 1.165) is 18.2 Å². The Hall–Kier alpha value is -1.35. The molecule has 1 fully saturated rings. The van der Waals surface area contributed by atoms with Crippen LogP contribution in [0.1, 0.15) is 12.8 Å². The minimum atomic E-state index is -0.190. The molecule has 1 aromatic rings. The monoisotopic (exact) mass is 236 g/mol. The summed E-state index contributed by atoms with van der Waals surface area (Å²) in [5.41, 5.74) is 6.63. The smallest absolute Gasteiger partial charge is 0.220 e. The summed E-state index contributed by atoms with van der Waals surface area (Å²) in [7, 11) is 0. The van der Waals surface area contributed by atoms with Crippen LogP contribution in [0.25, 0.3) is 5.57 Å². The zero-order chi connectivity index (χ0) is 10.4. The number of halogens is 1. The van der Waals surface area contributed by atoms with Gasteiger partial charge in [-0.15, -0.1) is 12.4 Å². The summed E-state index contributed by atoms with van der Waals surface area (Å²) in [6.07, 6.45) is 1.58. The molecule has 2 aliphatic rings. The van der Waals surface area contributed by atoms with Crippen molar-refractivity contribution in [3.05, 3.63) is 34.8 Å². The second-order valence-electron chi connectivity index (χ2n) is 4.23. The third-order valence-electron chi connectivity index (χ3n) is 3.32. The maximum Gasteiger partial charge on any atom is 0.220 e. The van der Waals surface area contributed by atoms with Gasteiger partial charge in [-0.3, -0.25) is 9.79 Å². The fourth-order valence-corrected chi connectivity index (χ4v) is 2.56. The number of hydrogen-bond acceptors (Lipinski definition) is 2. The Kier molecular flexibility index (Phi) is 2.72. The number of nitrogens with two attached hydrogens (primary N) is 1. The highest BCUT2D eigenvalue weighted by molar-refractivity contribution is 5.85. The molecule has 2 N–H and O–H groups in total. The zero-order valence-corrected chi connectivity index (χ0v) is 9.54. The van der Waals surface area contributed by atoms with E-state index in [9.17, 15) is 4.79 Å². The minimum Gasteiger partial charge on any atom is -0.369 e. The van der Waals surface area contributed by atoms with Crippen molar-refractivity contribution in [2.75, 3.05) is 0 Å². The lowest BCUT2D eigenvalue weighted by Gasteiger charge is -2.01. The highest BCUT2D eigenvalue weighted by atomic mass is 35.5. The van der Waals surface area contributed by atoms with Crippen LogP contribution in [0.15, 0.2) is 29.3 Å². The third-order valence-corrected chi connectivity index (χ3v) is 3.32. The SMILES string of the molecule is Cl.NC(=O)C1CC2=c3ccccc3=NC2C1. The average Bonchev–Trinajstić information content (AvgIpc) is 2.73. The lowest BCUT2D eigenvalue weighted by molar-refractivity contribution is -0.121. The van der Waals surface area contributed by atoms with Crippen molar-refractivity contribution in [1.82, 2.24) is 0 Å². The van der Waals surface area contributed by atoms with E-state index in [4.69, 9.17) is 5.73 Å². The number of para-hydroxylation sites is 1. The van der Waals surface area contributed by atoms with Crippen molar-refractivity contribution in [3.8, 4) is 0 Å². The predicted octanol–water partition coefficient (Wildman–Crippen LogP) is 0.156. The normalized spacial score (nSPS) is 25.4. The molecular weight excluding hydrogens is 224 g/mol. The van der Waals surface area contributed by atoms with Gasteiger partial charge in [-0.25, -0.2) is 0 Å². The Balaban J connectivity index is 0.000000963. The maximum atomic E-state index is 11.1. The number of primary amides is 1. The molecule has 1 heterocycles. The molecule has 0 aromatic heterocycles. The summed E-state index contributed by atoms with van der Waals surface area (Å²) < 4.78 is 0. The van der Waals surface area contributed by atoms with E-state index < -0.39 is 0 Å². The van der Waals surface area contributed by atoms with Crippen LogP contribution in [0.5, 0.6) is 0 Å². The van der Waals surface area contributed by atoms with Gasteiger partial charge in [-0.1, -0.05) is 18.2 Å². The molecular formula is C12H13ClN2O. The molecule has 3 nitrogen and oxygen atoms in total. The molecule has 1 aliphatic heterocycles. The van der Waals surface area contributed by atoms with Crippen LogP contribution in [0, 0.1) is 5.92 Å². The van der Waals surface area contributed by atoms with Gasteiger partial charge in [0.15, 0.2) is 0 Å². The van der Waals surface area contributed by atoms with Gasteiger partial charge in [-0.2, -0.15) is 0 Å². The van der Waals surface area contributed by atoms with Crippen LogP contribution < -0.4 is 16.3 Å². The number of carbonyl (C=O) groups is 1. The van der Waals surface area contributed by atoms with Crippen molar-refractivity contribution in [2.24, 2.45) is 16.6 Å². The second-order valence-corrected chi connectivity index (χ2v) is 4.23. The molecule has 2 unspecified atom stereocenters. The molecule has 1 amide bonds. The van der Waals surface area contributed by atoms with Gasteiger partial charge in [0.1, 0.15) is 0 Å². The van der Waals surface area contributed by atoms with Gasteiger partial charge < -0.3 is 5.73 Å². The standard InChI is InChI=1S/C12H12N2O.ClH/c13-12(15)7-5-9-8-3-1-2-4-10(8)14-11(9)6-7;/h1-4,7,11H,5-6H2,(H2,13,15);1H. The van der Waals surface area contributed by atoms with Crippen molar-refractivity contribution in [2.45, 2.75) is 18.9 Å². The van der Waals surface area contributed by atoms with Gasteiger partial charge in [-0.05, 0) is 24.5 Å². The lowest BCUT2D eigenvalue weighted by atomic mass is 10.1. The van der Waals surface area contributed by atoms with Crippen LogP contribution in [-0.2, 0) is 4.79 Å². The predicted molar refractivity (Wildman–Crippen MR) is 63.6 cm³/mol. The highest BCUT2D eigenvalue weighted by Crippen LogP contribution is 2.33. The first-order valence-corrected chi connectivity index (χ1v) is 5.21. The Morgan fingerprint density at radius 1 is 1.38 bits per heavy atom. The molecule has 2 atom stereocenters. The number of nitrogens with zero attached hydrogens (tertiary/aromatic N) is 1. The van der Waals surface area contributed by atoms with E-state index >= 15 is 0 Å². The molecule has 16 heavy (non-hydrogen) atoms. The second kappa shape index (κ2) is 3.91. The van der Waals surface area contributed by atoms with E-state index in [-0.39, 0.29) is 30.3 Å². The van der Waals surface area contributed by atoms with Gasteiger partial charge >= 0.3 is 0 Å². The summed E-state index contributed by atoms with van der Waals surface area (Å²) in [5, 5.41) is 2.28. The van der Waals surface area contributed by atoms with E-state index in [1.165, 1.54) is 10.8 Å². The average molecular weight is 237 g/mol. The molecule has 0 spiro atoms. The van der Waals surface area contributed by atoms with E-state index in [1.807, 2.05) is 18.2 Å². The summed E-state index contributed by atoms with van der Waals surface area (Å²) in [6.45, 7) is 0. The third kappa shape index (κ3) is 1.52. The molecule has 0 saturated heterocycles. The molecule has 0 bridgehead atoms. The Bertz CT molecular complexity index is 552. The van der Waals surface area contributed by atoms with Crippen molar-refractivity contribution >= 4 is 23.9 Å². The number of fused-ring (bicyclic) bond motifs is 2. The molecule has 3 rings (SSSR count). The first-order chi connectivity index (χ1) is 7.25. The van der Waals surface area contributed by atoms with Crippen LogP contribution in [-0.4, -0.2) is 11.9 Å². The fourth-order valence-electron chi connectivity index (χ4n) is 2.56. The Labute approximate surface area is 99.5 Å². The maximum absolute atomic E-state index is 11.1. The van der Waals surface area contributed by atoms with Gasteiger partial charge in [0.25, 0.3) is 0 Å². The highest BCUT2D eigenvalue weighted by Gasteiger charge is 2.34. The summed E-state index contributed by atoms with van der Waals surface area (Å²) in [5.74, 6) is -0.202. The van der Waals surface area contributed by atoms with Crippen molar-refractivity contribution < 1.29 is 4.79 Å². The van der Waals surface area contributed by atoms with Crippen LogP contribution >= 0.6 is 12.4 Å². The van der Waals surface area contributed by atoms with E-state index in [0.29, 0.717) is 0 Å². The van der Waals surface area contributed by atoms with Gasteiger partial charge in [0, 0.05) is 11.1 Å². The molecule has 1 aliphatic carbocycles. The summed E-state index contributed by atoms with van der Waals surface area (Å²) in [4.78, 5) is 15.7. The number of amides is 1. The van der Waals surface area contributed by atoms with Crippen molar-refractivity contribution in [3.63, 3.8) is 0 Å². The zero-order valence-electron chi connectivity index (χ0n) is 8.72. The molecule has 0 radical (unpaired) electrons. The number of carbonyl (C=O) groups excluding carboxylic acids is 1. The fraction of sp³-hybridized carbons (Fsp3) is 0.333. The quantitative estimate of drug-likeness (QED) is 0.742. The van der Waals surface area contributed by atoms with Crippen LogP contribution in [0.4, 0.5) is 0 Å². The molecule has 4 heteroatoms. The Morgan fingerprint density at radius 3 is 2.88 bits per heavy atom. The summed E-state index contributed by atoms with van der Waals surface area (Å²) in [6, 6.07) is 8.33. The molecule has 1 saturated carbocycles. The van der Waals surface area contributed by atoms with E-state index in [1.54, 1.807) is 0 Å². The summed E-state index contributed by atoms with van der Waals surface area (Å²) >= 11 is 0. The van der Waals surface area contributed by atoms with E-state index in [2.05, 4.69) is 11.1 Å². The largest absolute Gasteiger partial charge is 0.369 e. The minimum absolute atomic E-state index is 0. The number of rotatable bonds is 1. The first-order valence-electron chi connectivity index (χ1n) is 5.21.